The van der Waals surface area contributed by atoms with Crippen LogP contribution in [0.3, 0.4) is 0 Å². The molecule has 1 unspecified atom stereocenters. The van der Waals surface area contributed by atoms with Crippen molar-refractivity contribution in [1.29, 1.82) is 0 Å². The molecule has 3 rings (SSSR count). The zero-order valence-electron chi connectivity index (χ0n) is 19.2. The molecule has 0 saturated heterocycles. The van der Waals surface area contributed by atoms with Gasteiger partial charge in [0.05, 0.1) is 0 Å². The zero-order chi connectivity index (χ0) is 25.8. The molecule has 0 fully saturated rings. The molecule has 2 aromatic rings. The second kappa shape index (κ2) is 10.8. The van der Waals surface area contributed by atoms with E-state index in [0.29, 0.717) is 4.90 Å². The average molecular weight is 493 g/mol. The number of alkyl carbamates (subject to hydrolysis) is 1. The minimum atomic E-state index is -5.16. The van der Waals surface area contributed by atoms with Crippen LogP contribution in [-0.2, 0) is 14.3 Å². The zero-order valence-corrected chi connectivity index (χ0v) is 19.2. The Bertz CT molecular complexity index is 1040. The number of hydrogen-bond donors (Lipinski definition) is 2. The van der Waals surface area contributed by atoms with Crippen molar-refractivity contribution in [2.24, 2.45) is 0 Å². The van der Waals surface area contributed by atoms with Gasteiger partial charge in [-0.2, -0.15) is 13.2 Å². The van der Waals surface area contributed by atoms with E-state index in [9.17, 15) is 27.6 Å². The van der Waals surface area contributed by atoms with Crippen molar-refractivity contribution in [3.8, 4) is 11.1 Å². The summed E-state index contributed by atoms with van der Waals surface area (Å²) in [6.45, 7) is -1.31. The van der Waals surface area contributed by atoms with Crippen molar-refractivity contribution in [3.63, 3.8) is 0 Å². The Morgan fingerprint density at radius 3 is 2.03 bits per heavy atom. The first-order valence-electron chi connectivity index (χ1n) is 10.8. The van der Waals surface area contributed by atoms with Gasteiger partial charge in [0.15, 0.2) is 0 Å². The van der Waals surface area contributed by atoms with Gasteiger partial charge in [0.25, 0.3) is 5.91 Å². The maximum atomic E-state index is 13.7. The van der Waals surface area contributed by atoms with Crippen LogP contribution in [0.15, 0.2) is 48.5 Å². The van der Waals surface area contributed by atoms with Crippen molar-refractivity contribution >= 4 is 18.0 Å². The Kier molecular flexibility index (Phi) is 8.00. The Hall–Kier alpha value is -3.60. The maximum absolute atomic E-state index is 13.7. The molecule has 2 aromatic carbocycles. The lowest BCUT2D eigenvalue weighted by Crippen LogP contribution is -2.57. The summed E-state index contributed by atoms with van der Waals surface area (Å²) in [7, 11) is 3.25. The van der Waals surface area contributed by atoms with Gasteiger partial charge < -0.3 is 25.0 Å². The predicted molar refractivity (Wildman–Crippen MR) is 121 cm³/mol. The molecule has 1 atom stereocenters. The highest BCUT2D eigenvalue weighted by molar-refractivity contribution is 5.89. The Morgan fingerprint density at radius 2 is 1.54 bits per heavy atom. The van der Waals surface area contributed by atoms with Crippen LogP contribution in [0.5, 0.6) is 0 Å². The molecule has 0 radical (unpaired) electrons. The molecule has 2 N–H and O–H groups in total. The molecule has 0 heterocycles. The standard InChI is InChI=1S/C24H26F3N3O5/c1-29(2)11-12-30(13-20(31)32)22(33)21(24(25,26)27)28-23(34)35-14-19-17-9-5-3-7-15(17)16-8-4-6-10-18(16)19/h3-10,19,21H,11-14H2,1-2H3,(H,28,34)(H,31,32). The molecule has 0 bridgehead atoms. The lowest BCUT2D eigenvalue weighted by molar-refractivity contribution is -0.176. The number of nitrogens with zero attached hydrogens (tertiary/aromatic N) is 2. The molecule has 11 heteroatoms. The lowest BCUT2D eigenvalue weighted by Gasteiger charge is -2.28. The van der Waals surface area contributed by atoms with E-state index in [1.165, 1.54) is 0 Å². The Balaban J connectivity index is 1.72. The first-order valence-corrected chi connectivity index (χ1v) is 10.8. The van der Waals surface area contributed by atoms with Crippen LogP contribution in [0, 0.1) is 0 Å². The number of carboxylic acid groups (broad SMARTS) is 1. The third-order valence-electron chi connectivity index (χ3n) is 5.64. The van der Waals surface area contributed by atoms with Crippen molar-refractivity contribution in [2.45, 2.75) is 18.1 Å². The largest absolute Gasteiger partial charge is 0.480 e. The highest BCUT2D eigenvalue weighted by Crippen LogP contribution is 2.44. The second-order valence-corrected chi connectivity index (χ2v) is 8.40. The SMILES string of the molecule is CN(C)CCN(CC(=O)O)C(=O)C(NC(=O)OCC1c2ccccc2-c2ccccc21)C(F)(F)F. The quantitative estimate of drug-likeness (QED) is 0.558. The van der Waals surface area contributed by atoms with Crippen LogP contribution in [0.25, 0.3) is 11.1 Å². The summed E-state index contributed by atoms with van der Waals surface area (Å²) < 4.78 is 46.2. The minimum Gasteiger partial charge on any atom is -0.480 e. The Morgan fingerprint density at radius 1 is 1.00 bits per heavy atom. The van der Waals surface area contributed by atoms with Crippen LogP contribution < -0.4 is 5.32 Å². The van der Waals surface area contributed by atoms with E-state index >= 15 is 0 Å². The maximum Gasteiger partial charge on any atom is 0.417 e. The van der Waals surface area contributed by atoms with E-state index in [-0.39, 0.29) is 25.6 Å². The van der Waals surface area contributed by atoms with Gasteiger partial charge in [0.1, 0.15) is 13.2 Å². The molecule has 0 aliphatic heterocycles. The fourth-order valence-corrected chi connectivity index (χ4v) is 3.98. The summed E-state index contributed by atoms with van der Waals surface area (Å²) in [6.07, 6.45) is -6.58. The summed E-state index contributed by atoms with van der Waals surface area (Å²) in [5.74, 6) is -3.42. The molecule has 2 amide bonds. The van der Waals surface area contributed by atoms with Crippen LogP contribution in [0.1, 0.15) is 17.0 Å². The van der Waals surface area contributed by atoms with Gasteiger partial charge in [-0.1, -0.05) is 48.5 Å². The number of rotatable bonds is 9. The Labute approximate surface area is 200 Å². The number of carboxylic acids is 1. The first-order chi connectivity index (χ1) is 16.5. The van der Waals surface area contributed by atoms with E-state index in [4.69, 9.17) is 9.84 Å². The summed E-state index contributed by atoms with van der Waals surface area (Å²) in [5, 5.41) is 10.6. The van der Waals surface area contributed by atoms with Crippen molar-refractivity contribution in [1.82, 2.24) is 15.1 Å². The van der Waals surface area contributed by atoms with Gasteiger partial charge in [-0.3, -0.25) is 9.59 Å². The number of aliphatic carboxylic acids is 1. The number of fused-ring (bicyclic) bond motifs is 3. The number of hydrogen-bond acceptors (Lipinski definition) is 5. The third-order valence-corrected chi connectivity index (χ3v) is 5.64. The molecular formula is C24H26F3N3O5. The van der Waals surface area contributed by atoms with E-state index in [1.807, 2.05) is 48.5 Å². The molecule has 35 heavy (non-hydrogen) atoms. The second-order valence-electron chi connectivity index (χ2n) is 8.40. The predicted octanol–water partition coefficient (Wildman–Crippen LogP) is 2.93. The number of carbonyl (C=O) groups is 3. The number of likely N-dealkylation sites (N-methyl/N-ethyl adjacent to an activating group) is 1. The smallest absolute Gasteiger partial charge is 0.417 e. The summed E-state index contributed by atoms with van der Waals surface area (Å²) in [5.41, 5.74) is 3.65. The fraction of sp³-hybridized carbons (Fsp3) is 0.375. The number of amides is 2. The number of nitrogens with one attached hydrogen (secondary N) is 1. The van der Waals surface area contributed by atoms with Crippen molar-refractivity contribution < 1.29 is 37.4 Å². The molecule has 0 aromatic heterocycles. The third kappa shape index (κ3) is 6.30. The minimum absolute atomic E-state index is 0.133. The summed E-state index contributed by atoms with van der Waals surface area (Å²) in [4.78, 5) is 38.2. The molecule has 8 nitrogen and oxygen atoms in total. The first kappa shape index (κ1) is 26.0. The highest BCUT2D eigenvalue weighted by Gasteiger charge is 2.48. The van der Waals surface area contributed by atoms with E-state index in [2.05, 4.69) is 0 Å². The molecule has 1 aliphatic carbocycles. The molecule has 1 aliphatic rings. The van der Waals surface area contributed by atoms with E-state index in [1.54, 1.807) is 24.3 Å². The number of carbonyl (C=O) groups excluding carboxylic acids is 2. The van der Waals surface area contributed by atoms with Gasteiger partial charge in [-0.05, 0) is 36.3 Å². The number of ether oxygens (including phenoxy) is 1. The normalized spacial score (nSPS) is 13.7. The van der Waals surface area contributed by atoms with E-state index < -0.39 is 36.7 Å². The lowest BCUT2D eigenvalue weighted by atomic mass is 9.98. The van der Waals surface area contributed by atoms with Crippen LogP contribution in [0.2, 0.25) is 0 Å². The fourth-order valence-electron chi connectivity index (χ4n) is 3.98. The van der Waals surface area contributed by atoms with Crippen molar-refractivity contribution in [2.75, 3.05) is 40.3 Å². The number of halogens is 3. The molecular weight excluding hydrogens is 467 g/mol. The van der Waals surface area contributed by atoms with Gasteiger partial charge in [-0.15, -0.1) is 0 Å². The van der Waals surface area contributed by atoms with Gasteiger partial charge in [-0.25, -0.2) is 4.79 Å². The van der Waals surface area contributed by atoms with E-state index in [0.717, 1.165) is 22.3 Å². The van der Waals surface area contributed by atoms with Gasteiger partial charge >= 0.3 is 18.2 Å². The number of benzene rings is 2. The highest BCUT2D eigenvalue weighted by atomic mass is 19.4. The summed E-state index contributed by atoms with van der Waals surface area (Å²) >= 11 is 0. The molecule has 0 spiro atoms. The number of alkyl halides is 3. The topological polar surface area (TPSA) is 99.2 Å². The summed E-state index contributed by atoms with van der Waals surface area (Å²) in [6, 6.07) is 12.0. The molecule has 0 saturated carbocycles. The van der Waals surface area contributed by atoms with Gasteiger partial charge in [0, 0.05) is 19.0 Å². The van der Waals surface area contributed by atoms with Gasteiger partial charge in [0.2, 0.25) is 6.04 Å². The molecule has 188 valence electrons. The monoisotopic (exact) mass is 493 g/mol. The van der Waals surface area contributed by atoms with Crippen LogP contribution in [-0.4, -0.2) is 85.4 Å². The average Bonchev–Trinajstić information content (AvgIpc) is 3.11. The van der Waals surface area contributed by atoms with Crippen molar-refractivity contribution in [3.05, 3.63) is 59.7 Å². The van der Waals surface area contributed by atoms with Crippen LogP contribution in [0.4, 0.5) is 18.0 Å². The van der Waals surface area contributed by atoms with Crippen LogP contribution >= 0.6 is 0 Å².